The number of benzene rings is 1. The number of nitrogens with one attached hydrogen (secondary N) is 1. The molecule has 0 bridgehead atoms. The van der Waals surface area contributed by atoms with Crippen molar-refractivity contribution >= 4 is 24.1 Å². The van der Waals surface area contributed by atoms with Crippen LogP contribution in [0.25, 0.3) is 0 Å². The zero-order valence-corrected chi connectivity index (χ0v) is 9.05. The van der Waals surface area contributed by atoms with E-state index in [1.165, 1.54) is 31.7 Å². The van der Waals surface area contributed by atoms with Crippen molar-refractivity contribution in [3.63, 3.8) is 0 Å². The number of esters is 1. The highest BCUT2D eigenvalue weighted by atomic mass is 19.1. The van der Waals surface area contributed by atoms with Crippen molar-refractivity contribution in [3.05, 3.63) is 29.6 Å². The lowest BCUT2D eigenvalue weighted by atomic mass is 10.1. The second-order valence-electron chi connectivity index (χ2n) is 2.84. The summed E-state index contributed by atoms with van der Waals surface area (Å²) in [5.74, 6) is 3.37. The molecule has 0 aromatic heterocycles. The number of ether oxygens (including phenoxy) is 1. The predicted octanol–water partition coefficient (Wildman–Crippen LogP) is 0.954. The van der Waals surface area contributed by atoms with Crippen molar-refractivity contribution in [2.24, 2.45) is 16.0 Å². The minimum absolute atomic E-state index is 0.193. The van der Waals surface area contributed by atoms with Crippen LogP contribution < -0.4 is 11.3 Å². The molecule has 90 valence electrons. The minimum Gasteiger partial charge on any atom is -0.465 e. The van der Waals surface area contributed by atoms with Gasteiger partial charge in [-0.05, 0) is 12.1 Å². The number of nitrogens with two attached hydrogens (primary N) is 1. The highest BCUT2D eigenvalue weighted by molar-refractivity contribution is 6.16. The Bertz CT molecular complexity index is 460. The average molecular weight is 238 g/mol. The second kappa shape index (κ2) is 6.21. The fourth-order valence-electron chi connectivity index (χ4n) is 1.11. The molecule has 0 fully saturated rings. The third kappa shape index (κ3) is 3.26. The Hall–Kier alpha value is -2.44. The number of halogens is 1. The highest BCUT2D eigenvalue weighted by Crippen LogP contribution is 2.19. The predicted molar refractivity (Wildman–Crippen MR) is 62.5 cm³/mol. The Balaban J connectivity index is 2.98. The molecule has 0 saturated heterocycles. The van der Waals surface area contributed by atoms with E-state index in [-0.39, 0.29) is 11.3 Å². The van der Waals surface area contributed by atoms with E-state index >= 15 is 0 Å². The molecule has 0 spiro atoms. The normalized spacial score (nSPS) is 10.9. The van der Waals surface area contributed by atoms with Gasteiger partial charge in [-0.15, -0.1) is 0 Å². The number of carbonyl (C=O) groups is 1. The molecule has 0 radical (unpaired) electrons. The zero-order valence-electron chi connectivity index (χ0n) is 9.05. The smallest absolute Gasteiger partial charge is 0.343 e. The first-order chi connectivity index (χ1) is 8.20. The summed E-state index contributed by atoms with van der Waals surface area (Å²) in [6.07, 6.45) is 2.48. The van der Waals surface area contributed by atoms with Gasteiger partial charge in [-0.1, -0.05) is 6.07 Å². The van der Waals surface area contributed by atoms with Crippen molar-refractivity contribution in [2.45, 2.75) is 0 Å². The van der Waals surface area contributed by atoms with Crippen LogP contribution in [0.5, 0.6) is 0 Å². The fraction of sp³-hybridized carbons (Fsp3) is 0.100. The summed E-state index contributed by atoms with van der Waals surface area (Å²) in [4.78, 5) is 11.3. The van der Waals surface area contributed by atoms with Gasteiger partial charge in [0.25, 0.3) is 0 Å². The molecule has 17 heavy (non-hydrogen) atoms. The summed E-state index contributed by atoms with van der Waals surface area (Å²) >= 11 is 0. The van der Waals surface area contributed by atoms with E-state index in [4.69, 9.17) is 5.84 Å². The van der Waals surface area contributed by atoms with Gasteiger partial charge in [-0.3, -0.25) is 5.43 Å². The molecular weight excluding hydrogens is 227 g/mol. The molecule has 7 heteroatoms. The first-order valence-corrected chi connectivity index (χ1v) is 4.58. The molecule has 1 aromatic carbocycles. The first-order valence-electron chi connectivity index (χ1n) is 4.58. The third-order valence-electron chi connectivity index (χ3n) is 1.82. The number of hydrogen-bond acceptors (Lipinski definition) is 6. The molecule has 1 aromatic rings. The monoisotopic (exact) mass is 238 g/mol. The number of hydrazone groups is 2. The molecule has 1 rings (SSSR count). The number of rotatable bonds is 4. The molecule has 0 amide bonds. The van der Waals surface area contributed by atoms with Crippen LogP contribution >= 0.6 is 0 Å². The Kier molecular flexibility index (Phi) is 4.61. The topological polar surface area (TPSA) is 89.1 Å². The van der Waals surface area contributed by atoms with E-state index in [1.54, 1.807) is 0 Å². The van der Waals surface area contributed by atoms with Crippen LogP contribution in [0.15, 0.2) is 28.4 Å². The van der Waals surface area contributed by atoms with Crippen LogP contribution in [0, 0.1) is 5.82 Å². The Morgan fingerprint density at radius 3 is 2.94 bits per heavy atom. The fourth-order valence-corrected chi connectivity index (χ4v) is 1.11. The summed E-state index contributed by atoms with van der Waals surface area (Å²) in [6, 6.07) is 4.09. The van der Waals surface area contributed by atoms with Crippen LogP contribution in [-0.4, -0.2) is 25.5 Å². The van der Waals surface area contributed by atoms with Crippen molar-refractivity contribution in [1.82, 2.24) is 0 Å². The van der Waals surface area contributed by atoms with Gasteiger partial charge < -0.3 is 10.6 Å². The van der Waals surface area contributed by atoms with E-state index in [0.29, 0.717) is 0 Å². The van der Waals surface area contributed by atoms with Gasteiger partial charge in [0.15, 0.2) is 0 Å². The molecule has 0 heterocycles. The number of hydrogen-bond donors (Lipinski definition) is 2. The Labute approximate surface area is 97.0 Å². The summed E-state index contributed by atoms with van der Waals surface area (Å²) in [7, 11) is 1.17. The highest BCUT2D eigenvalue weighted by Gasteiger charge is 2.16. The molecule has 0 aliphatic carbocycles. The van der Waals surface area contributed by atoms with Crippen molar-refractivity contribution < 1.29 is 13.9 Å². The van der Waals surface area contributed by atoms with E-state index in [0.717, 1.165) is 6.07 Å². The number of nitrogens with zero attached hydrogens (tertiary/aromatic N) is 2. The SMILES string of the molecule is COC(=O)c1c(F)cccc1N/N=C/C=N/N. The zero-order chi connectivity index (χ0) is 12.7. The number of anilines is 1. The van der Waals surface area contributed by atoms with E-state index < -0.39 is 11.8 Å². The van der Waals surface area contributed by atoms with Crippen LogP contribution in [0.3, 0.4) is 0 Å². The maximum absolute atomic E-state index is 13.4. The number of methoxy groups -OCH3 is 1. The van der Waals surface area contributed by atoms with Gasteiger partial charge >= 0.3 is 5.97 Å². The molecular formula is C10H11FN4O2. The lowest BCUT2D eigenvalue weighted by molar-refractivity contribution is 0.0596. The summed E-state index contributed by atoms with van der Waals surface area (Å²) < 4.78 is 17.9. The lowest BCUT2D eigenvalue weighted by Crippen LogP contribution is -2.08. The maximum atomic E-state index is 13.4. The van der Waals surface area contributed by atoms with Gasteiger partial charge in [-0.25, -0.2) is 9.18 Å². The van der Waals surface area contributed by atoms with Gasteiger partial charge in [0.1, 0.15) is 11.4 Å². The number of carbonyl (C=O) groups excluding carboxylic acids is 1. The largest absolute Gasteiger partial charge is 0.465 e. The minimum atomic E-state index is -0.784. The van der Waals surface area contributed by atoms with Crippen LogP contribution in [-0.2, 0) is 4.74 Å². The summed E-state index contributed by atoms with van der Waals surface area (Å²) in [5, 5.41) is 6.85. The Morgan fingerprint density at radius 2 is 2.29 bits per heavy atom. The second-order valence-corrected chi connectivity index (χ2v) is 2.84. The molecule has 6 nitrogen and oxygen atoms in total. The molecule has 3 N–H and O–H groups in total. The standard InChI is InChI=1S/C10H11FN4O2/c1-17-10(16)9-7(11)3-2-4-8(9)15-14-6-5-13-12/h2-6,15H,12H2,1H3/b13-5+,14-6+. The van der Waals surface area contributed by atoms with Crippen molar-refractivity contribution in [3.8, 4) is 0 Å². The van der Waals surface area contributed by atoms with E-state index in [1.807, 2.05) is 0 Å². The molecule has 0 atom stereocenters. The van der Waals surface area contributed by atoms with Crippen LogP contribution in [0.2, 0.25) is 0 Å². The quantitative estimate of drug-likeness (QED) is 0.354. The molecule has 0 unspecified atom stereocenters. The molecule has 0 aliphatic rings. The van der Waals surface area contributed by atoms with E-state index in [2.05, 4.69) is 20.4 Å². The molecule has 0 aliphatic heterocycles. The van der Waals surface area contributed by atoms with Gasteiger partial charge in [0, 0.05) is 0 Å². The van der Waals surface area contributed by atoms with Crippen LogP contribution in [0.1, 0.15) is 10.4 Å². The first kappa shape index (κ1) is 12.6. The van der Waals surface area contributed by atoms with Gasteiger partial charge in [-0.2, -0.15) is 10.2 Å². The third-order valence-corrected chi connectivity index (χ3v) is 1.82. The lowest BCUT2D eigenvalue weighted by Gasteiger charge is -2.07. The average Bonchev–Trinajstić information content (AvgIpc) is 2.34. The summed E-state index contributed by atoms with van der Waals surface area (Å²) in [5.41, 5.74) is 2.47. The molecule has 0 saturated carbocycles. The Morgan fingerprint density at radius 1 is 1.53 bits per heavy atom. The van der Waals surface area contributed by atoms with Gasteiger partial charge in [0.2, 0.25) is 0 Å². The van der Waals surface area contributed by atoms with E-state index in [9.17, 15) is 9.18 Å². The van der Waals surface area contributed by atoms with Crippen LogP contribution in [0.4, 0.5) is 10.1 Å². The van der Waals surface area contributed by atoms with Crippen molar-refractivity contribution in [1.29, 1.82) is 0 Å². The van der Waals surface area contributed by atoms with Crippen molar-refractivity contribution in [2.75, 3.05) is 12.5 Å². The summed E-state index contributed by atoms with van der Waals surface area (Å²) in [6.45, 7) is 0. The van der Waals surface area contributed by atoms with Gasteiger partial charge in [0.05, 0.1) is 25.2 Å². The maximum Gasteiger partial charge on any atom is 0.343 e.